The lowest BCUT2D eigenvalue weighted by molar-refractivity contribution is -0.384. The van der Waals surface area contributed by atoms with Crippen molar-refractivity contribution in [1.29, 1.82) is 0 Å². The minimum atomic E-state index is -0.390. The minimum absolute atomic E-state index is 0.100. The highest BCUT2D eigenvalue weighted by atomic mass is 16.6. The quantitative estimate of drug-likeness (QED) is 0.636. The molecule has 2 aromatic rings. The van der Waals surface area contributed by atoms with Crippen molar-refractivity contribution >= 4 is 11.4 Å². The number of hydrogen-bond donors (Lipinski definition) is 1. The first-order chi connectivity index (χ1) is 9.15. The molecule has 100 valence electrons. The molecule has 0 aliphatic heterocycles. The van der Waals surface area contributed by atoms with Gasteiger partial charge in [-0.25, -0.2) is 0 Å². The van der Waals surface area contributed by atoms with Crippen LogP contribution in [-0.2, 0) is 6.42 Å². The van der Waals surface area contributed by atoms with Crippen molar-refractivity contribution in [1.82, 2.24) is 0 Å². The summed E-state index contributed by atoms with van der Waals surface area (Å²) in [5, 5.41) is 13.9. The number of benzene rings is 1. The maximum atomic E-state index is 10.7. The number of hydrogen-bond acceptors (Lipinski definition) is 4. The molecule has 1 unspecified atom stereocenters. The summed E-state index contributed by atoms with van der Waals surface area (Å²) < 4.78 is 5.27. The molecule has 2 rings (SSSR count). The molecule has 0 aliphatic rings. The summed E-state index contributed by atoms with van der Waals surface area (Å²) in [5.74, 6) is 0.952. The molecule has 0 saturated heterocycles. The van der Waals surface area contributed by atoms with Gasteiger partial charge in [-0.2, -0.15) is 0 Å². The molecule has 1 heterocycles. The highest BCUT2D eigenvalue weighted by Crippen LogP contribution is 2.18. The van der Waals surface area contributed by atoms with Crippen LogP contribution in [0.4, 0.5) is 11.4 Å². The summed E-state index contributed by atoms with van der Waals surface area (Å²) in [7, 11) is 0. The summed E-state index contributed by atoms with van der Waals surface area (Å²) in [5.41, 5.74) is 0.865. The Morgan fingerprint density at radius 1 is 1.37 bits per heavy atom. The Morgan fingerprint density at radius 2 is 2.21 bits per heavy atom. The van der Waals surface area contributed by atoms with Crippen molar-refractivity contribution < 1.29 is 9.34 Å². The van der Waals surface area contributed by atoms with Crippen LogP contribution in [0.3, 0.4) is 0 Å². The summed E-state index contributed by atoms with van der Waals surface area (Å²) in [6, 6.07) is 10.6. The average Bonchev–Trinajstić information content (AvgIpc) is 2.90. The molecule has 19 heavy (non-hydrogen) atoms. The fourth-order valence-corrected chi connectivity index (χ4v) is 1.88. The third-order valence-corrected chi connectivity index (χ3v) is 2.87. The van der Waals surface area contributed by atoms with Gasteiger partial charge in [0.25, 0.3) is 5.69 Å². The van der Waals surface area contributed by atoms with Gasteiger partial charge in [-0.15, -0.1) is 0 Å². The third kappa shape index (κ3) is 3.84. The lowest BCUT2D eigenvalue weighted by Crippen LogP contribution is -2.15. The molecule has 0 spiro atoms. The van der Waals surface area contributed by atoms with E-state index in [9.17, 15) is 10.1 Å². The number of furan rings is 1. The van der Waals surface area contributed by atoms with E-state index in [0.717, 1.165) is 24.3 Å². The molecule has 1 aromatic carbocycles. The zero-order valence-corrected chi connectivity index (χ0v) is 10.7. The first kappa shape index (κ1) is 13.1. The van der Waals surface area contributed by atoms with Crippen LogP contribution in [0.25, 0.3) is 0 Å². The van der Waals surface area contributed by atoms with Crippen LogP contribution < -0.4 is 5.32 Å². The van der Waals surface area contributed by atoms with Crippen molar-refractivity contribution in [2.24, 2.45) is 0 Å². The number of anilines is 1. The van der Waals surface area contributed by atoms with E-state index in [2.05, 4.69) is 5.32 Å². The van der Waals surface area contributed by atoms with Gasteiger partial charge < -0.3 is 9.73 Å². The van der Waals surface area contributed by atoms with Gasteiger partial charge >= 0.3 is 0 Å². The zero-order chi connectivity index (χ0) is 13.7. The van der Waals surface area contributed by atoms with Gasteiger partial charge in [-0.1, -0.05) is 6.07 Å². The number of nitrogens with one attached hydrogen (secondary N) is 1. The fraction of sp³-hybridized carbons (Fsp3) is 0.286. The van der Waals surface area contributed by atoms with E-state index in [0.29, 0.717) is 0 Å². The van der Waals surface area contributed by atoms with E-state index in [-0.39, 0.29) is 11.7 Å². The fourth-order valence-electron chi connectivity index (χ4n) is 1.88. The van der Waals surface area contributed by atoms with Gasteiger partial charge in [0.1, 0.15) is 5.76 Å². The van der Waals surface area contributed by atoms with Crippen LogP contribution in [-0.4, -0.2) is 11.0 Å². The zero-order valence-electron chi connectivity index (χ0n) is 10.7. The summed E-state index contributed by atoms with van der Waals surface area (Å²) in [6.07, 6.45) is 3.40. The van der Waals surface area contributed by atoms with Gasteiger partial charge in [0, 0.05) is 30.3 Å². The molecule has 1 aromatic heterocycles. The van der Waals surface area contributed by atoms with Gasteiger partial charge in [0.05, 0.1) is 11.2 Å². The van der Waals surface area contributed by atoms with Crippen LogP contribution in [0, 0.1) is 10.1 Å². The molecule has 0 fully saturated rings. The molecule has 0 bridgehead atoms. The standard InChI is InChI=1S/C14H16N2O3/c1-11(7-8-14-6-3-9-19-14)15-12-4-2-5-13(10-12)16(17)18/h2-6,9-11,15H,7-8H2,1H3. The number of rotatable bonds is 6. The second kappa shape index (κ2) is 6.04. The molecular weight excluding hydrogens is 244 g/mol. The highest BCUT2D eigenvalue weighted by Gasteiger charge is 2.08. The number of nitrogens with zero attached hydrogens (tertiary/aromatic N) is 1. The molecule has 5 nitrogen and oxygen atoms in total. The monoisotopic (exact) mass is 260 g/mol. The molecule has 0 aliphatic carbocycles. The van der Waals surface area contributed by atoms with Gasteiger partial charge in [-0.05, 0) is 31.5 Å². The van der Waals surface area contributed by atoms with Crippen LogP contribution in [0.5, 0.6) is 0 Å². The van der Waals surface area contributed by atoms with Crippen LogP contribution in [0.2, 0.25) is 0 Å². The molecule has 0 saturated carbocycles. The lowest BCUT2D eigenvalue weighted by atomic mass is 10.1. The molecule has 0 radical (unpaired) electrons. The van der Waals surface area contributed by atoms with E-state index in [1.165, 1.54) is 6.07 Å². The van der Waals surface area contributed by atoms with E-state index in [1.807, 2.05) is 25.1 Å². The van der Waals surface area contributed by atoms with Gasteiger partial charge in [0.15, 0.2) is 0 Å². The molecule has 0 amide bonds. The second-order valence-electron chi connectivity index (χ2n) is 4.47. The third-order valence-electron chi connectivity index (χ3n) is 2.87. The van der Waals surface area contributed by atoms with E-state index in [4.69, 9.17) is 4.42 Å². The Balaban J connectivity index is 1.89. The number of nitro groups is 1. The molecular formula is C14H16N2O3. The Bertz CT molecular complexity index is 537. The summed E-state index contributed by atoms with van der Waals surface area (Å²) in [6.45, 7) is 2.04. The second-order valence-corrected chi connectivity index (χ2v) is 4.47. The van der Waals surface area contributed by atoms with Crippen molar-refractivity contribution in [3.63, 3.8) is 0 Å². The Kier molecular flexibility index (Phi) is 4.18. The van der Waals surface area contributed by atoms with Crippen LogP contribution in [0.1, 0.15) is 19.1 Å². The number of non-ortho nitro benzene ring substituents is 1. The topological polar surface area (TPSA) is 68.3 Å². The minimum Gasteiger partial charge on any atom is -0.469 e. The van der Waals surface area contributed by atoms with Crippen molar-refractivity contribution in [3.8, 4) is 0 Å². The normalized spacial score (nSPS) is 12.1. The molecule has 5 heteroatoms. The van der Waals surface area contributed by atoms with Crippen molar-refractivity contribution in [2.75, 3.05) is 5.32 Å². The van der Waals surface area contributed by atoms with E-state index >= 15 is 0 Å². The first-order valence-electron chi connectivity index (χ1n) is 6.18. The van der Waals surface area contributed by atoms with Crippen molar-refractivity contribution in [3.05, 3.63) is 58.5 Å². The summed E-state index contributed by atoms with van der Waals surface area (Å²) >= 11 is 0. The van der Waals surface area contributed by atoms with Gasteiger partial charge in [0.2, 0.25) is 0 Å². The molecule has 1 atom stereocenters. The van der Waals surface area contributed by atoms with Crippen LogP contribution in [0.15, 0.2) is 47.1 Å². The van der Waals surface area contributed by atoms with Gasteiger partial charge in [-0.3, -0.25) is 10.1 Å². The Morgan fingerprint density at radius 3 is 2.89 bits per heavy atom. The molecule has 1 N–H and O–H groups in total. The van der Waals surface area contributed by atoms with Crippen molar-refractivity contribution in [2.45, 2.75) is 25.8 Å². The lowest BCUT2D eigenvalue weighted by Gasteiger charge is -2.14. The Hall–Kier alpha value is -2.30. The predicted molar refractivity (Wildman–Crippen MR) is 73.2 cm³/mol. The maximum absolute atomic E-state index is 10.7. The first-order valence-corrected chi connectivity index (χ1v) is 6.18. The maximum Gasteiger partial charge on any atom is 0.271 e. The van der Waals surface area contributed by atoms with E-state index in [1.54, 1.807) is 18.4 Å². The SMILES string of the molecule is CC(CCc1ccco1)Nc1cccc([N+](=O)[O-])c1. The Labute approximate surface area is 111 Å². The largest absolute Gasteiger partial charge is 0.469 e. The summed E-state index contributed by atoms with van der Waals surface area (Å²) in [4.78, 5) is 10.3. The number of nitro benzene ring substituents is 1. The number of aryl methyl sites for hydroxylation is 1. The van der Waals surface area contributed by atoms with Crippen LogP contribution >= 0.6 is 0 Å². The smallest absolute Gasteiger partial charge is 0.271 e. The highest BCUT2D eigenvalue weighted by molar-refractivity contribution is 5.51. The average molecular weight is 260 g/mol. The predicted octanol–water partition coefficient (Wildman–Crippen LogP) is 3.62. The van der Waals surface area contributed by atoms with E-state index < -0.39 is 4.92 Å².